The molecule has 108 valence electrons. The van der Waals surface area contributed by atoms with E-state index in [1.165, 1.54) is 6.42 Å². The Hall–Kier alpha value is -0.350. The van der Waals surface area contributed by atoms with E-state index in [0.29, 0.717) is 18.3 Å². The van der Waals surface area contributed by atoms with Gasteiger partial charge in [0.1, 0.15) is 0 Å². The summed E-state index contributed by atoms with van der Waals surface area (Å²) in [5, 5.41) is 15.6. The van der Waals surface area contributed by atoms with Gasteiger partial charge in [0.15, 0.2) is 0 Å². The van der Waals surface area contributed by atoms with Gasteiger partial charge < -0.3 is 5.11 Å². The van der Waals surface area contributed by atoms with E-state index in [1.807, 2.05) is 11.7 Å². The highest BCUT2D eigenvalue weighted by molar-refractivity contribution is 9.10. The van der Waals surface area contributed by atoms with E-state index in [1.54, 1.807) is 0 Å². The molecule has 4 heteroatoms. The van der Waals surface area contributed by atoms with Gasteiger partial charge in [-0.1, -0.05) is 33.6 Å². The molecule has 1 fully saturated rings. The van der Waals surface area contributed by atoms with Gasteiger partial charge in [-0.15, -0.1) is 0 Å². The number of aromatic nitrogens is 2. The molecule has 1 aliphatic carbocycles. The molecule has 1 aliphatic rings. The summed E-state index contributed by atoms with van der Waals surface area (Å²) in [5.41, 5.74) is 1.62. The molecule has 2 rings (SSSR count). The third-order valence-corrected chi connectivity index (χ3v) is 5.86. The van der Waals surface area contributed by atoms with Crippen LogP contribution in [0.3, 0.4) is 0 Å². The van der Waals surface area contributed by atoms with Crippen LogP contribution in [0.1, 0.15) is 51.4 Å². The molecule has 0 aliphatic heterocycles. The lowest BCUT2D eigenvalue weighted by Crippen LogP contribution is -2.45. The number of aliphatic hydroxyl groups is 1. The van der Waals surface area contributed by atoms with Gasteiger partial charge in [0, 0.05) is 13.5 Å². The van der Waals surface area contributed by atoms with Crippen LogP contribution in [0.25, 0.3) is 0 Å². The van der Waals surface area contributed by atoms with Gasteiger partial charge in [0.2, 0.25) is 0 Å². The van der Waals surface area contributed by atoms with Crippen LogP contribution in [0.5, 0.6) is 0 Å². The second-order valence-corrected chi connectivity index (χ2v) is 6.92. The molecule has 19 heavy (non-hydrogen) atoms. The Kier molecular flexibility index (Phi) is 4.41. The molecule has 0 aromatic carbocycles. The van der Waals surface area contributed by atoms with Crippen LogP contribution in [0.15, 0.2) is 4.47 Å². The number of hydrogen-bond donors (Lipinski definition) is 1. The highest BCUT2D eigenvalue weighted by atomic mass is 79.9. The number of nitrogens with zero attached hydrogens (tertiary/aromatic N) is 2. The second-order valence-electron chi connectivity index (χ2n) is 6.12. The van der Waals surface area contributed by atoms with Crippen molar-refractivity contribution < 1.29 is 5.11 Å². The van der Waals surface area contributed by atoms with Gasteiger partial charge >= 0.3 is 0 Å². The van der Waals surface area contributed by atoms with Crippen molar-refractivity contribution in [3.05, 3.63) is 15.9 Å². The quantitative estimate of drug-likeness (QED) is 0.922. The molecule has 0 saturated heterocycles. The van der Waals surface area contributed by atoms with Crippen molar-refractivity contribution in [2.75, 3.05) is 0 Å². The Bertz CT molecular complexity index is 457. The zero-order valence-electron chi connectivity index (χ0n) is 12.4. The first-order valence-corrected chi connectivity index (χ1v) is 8.11. The molecule has 1 aromatic rings. The van der Waals surface area contributed by atoms with Gasteiger partial charge in [0.05, 0.1) is 21.5 Å². The highest BCUT2D eigenvalue weighted by Gasteiger charge is 2.41. The number of rotatable bonds is 3. The zero-order valence-corrected chi connectivity index (χ0v) is 14.0. The summed E-state index contributed by atoms with van der Waals surface area (Å²) in [4.78, 5) is 0. The molecular weight excluding hydrogens is 304 g/mol. The average Bonchev–Trinajstić information content (AvgIpc) is 2.63. The summed E-state index contributed by atoms with van der Waals surface area (Å²) in [6.45, 7) is 6.55. The molecule has 3 atom stereocenters. The van der Waals surface area contributed by atoms with E-state index in [4.69, 9.17) is 0 Å². The normalized spacial score (nSPS) is 31.7. The first-order chi connectivity index (χ1) is 8.89. The molecule has 0 amide bonds. The molecule has 1 aromatic heterocycles. The van der Waals surface area contributed by atoms with Crippen molar-refractivity contribution in [3.8, 4) is 0 Å². The van der Waals surface area contributed by atoms with Crippen LogP contribution in [0, 0.1) is 11.8 Å². The summed E-state index contributed by atoms with van der Waals surface area (Å²) in [6.07, 6.45) is 4.87. The molecule has 1 N–H and O–H groups in total. The van der Waals surface area contributed by atoms with Crippen molar-refractivity contribution in [2.45, 2.75) is 58.5 Å². The maximum absolute atomic E-state index is 11.0. The van der Waals surface area contributed by atoms with E-state index >= 15 is 0 Å². The topological polar surface area (TPSA) is 38.0 Å². The summed E-state index contributed by atoms with van der Waals surface area (Å²) < 4.78 is 3.00. The van der Waals surface area contributed by atoms with E-state index in [0.717, 1.165) is 35.1 Å². The SMILES string of the molecule is CCc1nn(C)c(CC2(O)CCCC(C)C2C)c1Br. The van der Waals surface area contributed by atoms with E-state index in [9.17, 15) is 5.11 Å². The predicted molar refractivity (Wildman–Crippen MR) is 81.1 cm³/mol. The van der Waals surface area contributed by atoms with Crippen molar-refractivity contribution in [2.24, 2.45) is 18.9 Å². The Balaban J connectivity index is 2.27. The number of halogens is 1. The standard InChI is InChI=1S/C15H25BrN2O/c1-5-12-14(16)13(18(4)17-12)9-15(19)8-6-7-10(2)11(15)3/h10-11,19H,5-9H2,1-4H3. The lowest BCUT2D eigenvalue weighted by atomic mass is 9.69. The fraction of sp³-hybridized carbons (Fsp3) is 0.800. The van der Waals surface area contributed by atoms with Crippen molar-refractivity contribution in [1.29, 1.82) is 0 Å². The van der Waals surface area contributed by atoms with Gasteiger partial charge in [-0.2, -0.15) is 5.10 Å². The molecule has 1 saturated carbocycles. The van der Waals surface area contributed by atoms with Crippen LogP contribution >= 0.6 is 15.9 Å². The van der Waals surface area contributed by atoms with Crippen LogP contribution in [0.4, 0.5) is 0 Å². The lowest BCUT2D eigenvalue weighted by molar-refractivity contribution is -0.0633. The molecule has 0 bridgehead atoms. The number of aryl methyl sites for hydroxylation is 2. The third-order valence-electron chi connectivity index (χ3n) is 4.95. The van der Waals surface area contributed by atoms with Crippen LogP contribution in [-0.2, 0) is 19.9 Å². The van der Waals surface area contributed by atoms with Crippen LogP contribution in [0.2, 0.25) is 0 Å². The molecular formula is C15H25BrN2O. The van der Waals surface area contributed by atoms with Crippen molar-refractivity contribution in [1.82, 2.24) is 9.78 Å². The summed E-state index contributed by atoms with van der Waals surface area (Å²) in [6, 6.07) is 0. The first kappa shape index (κ1) is 15.0. The fourth-order valence-corrected chi connectivity index (χ4v) is 4.05. The fourth-order valence-electron chi connectivity index (χ4n) is 3.29. The summed E-state index contributed by atoms with van der Waals surface area (Å²) in [5.74, 6) is 0.935. The minimum atomic E-state index is -0.584. The Morgan fingerprint density at radius 3 is 2.74 bits per heavy atom. The maximum atomic E-state index is 11.0. The van der Waals surface area contributed by atoms with E-state index < -0.39 is 5.60 Å². The van der Waals surface area contributed by atoms with E-state index in [2.05, 4.69) is 41.8 Å². The van der Waals surface area contributed by atoms with Gasteiger partial charge in [-0.25, -0.2) is 0 Å². The lowest BCUT2D eigenvalue weighted by Gasteiger charge is -2.42. The van der Waals surface area contributed by atoms with E-state index in [-0.39, 0.29) is 0 Å². The first-order valence-electron chi connectivity index (χ1n) is 7.31. The summed E-state index contributed by atoms with van der Waals surface area (Å²) in [7, 11) is 1.97. The van der Waals surface area contributed by atoms with Gasteiger partial charge in [0.25, 0.3) is 0 Å². The zero-order chi connectivity index (χ0) is 14.2. The maximum Gasteiger partial charge on any atom is 0.0766 e. The minimum absolute atomic E-state index is 0.341. The van der Waals surface area contributed by atoms with Gasteiger partial charge in [-0.05, 0) is 40.6 Å². The van der Waals surface area contributed by atoms with Crippen molar-refractivity contribution >= 4 is 15.9 Å². The Morgan fingerprint density at radius 1 is 1.47 bits per heavy atom. The molecule has 1 heterocycles. The summed E-state index contributed by atoms with van der Waals surface area (Å²) >= 11 is 3.65. The highest BCUT2D eigenvalue weighted by Crippen LogP contribution is 2.40. The second kappa shape index (κ2) is 5.57. The average molecular weight is 329 g/mol. The Morgan fingerprint density at radius 2 is 2.16 bits per heavy atom. The minimum Gasteiger partial charge on any atom is -0.389 e. The van der Waals surface area contributed by atoms with Crippen LogP contribution < -0.4 is 0 Å². The largest absolute Gasteiger partial charge is 0.389 e. The van der Waals surface area contributed by atoms with Crippen LogP contribution in [-0.4, -0.2) is 20.5 Å². The molecule has 3 nitrogen and oxygen atoms in total. The third kappa shape index (κ3) is 2.75. The molecule has 3 unspecified atom stereocenters. The number of hydrogen-bond acceptors (Lipinski definition) is 2. The Labute approximate surface area is 124 Å². The van der Waals surface area contributed by atoms with Crippen molar-refractivity contribution in [3.63, 3.8) is 0 Å². The monoisotopic (exact) mass is 328 g/mol. The van der Waals surface area contributed by atoms with Gasteiger partial charge in [-0.3, -0.25) is 4.68 Å². The molecule has 0 radical (unpaired) electrons. The smallest absolute Gasteiger partial charge is 0.0766 e. The predicted octanol–water partition coefficient (Wildman–Crippen LogP) is 3.47. The molecule has 0 spiro atoms.